The summed E-state index contributed by atoms with van der Waals surface area (Å²) in [5.41, 5.74) is 0. The molecule has 0 aromatic carbocycles. The largest absolute Gasteiger partial charge is 0.480 e. The van der Waals surface area contributed by atoms with Crippen molar-refractivity contribution in [3.05, 3.63) is 0 Å². The molecule has 17 heavy (non-hydrogen) atoms. The molecule has 0 aliphatic carbocycles. The van der Waals surface area contributed by atoms with Crippen LogP contribution in [-0.2, 0) is 9.53 Å². The van der Waals surface area contributed by atoms with Gasteiger partial charge >= 0.3 is 12.0 Å². The van der Waals surface area contributed by atoms with Gasteiger partial charge in [-0.2, -0.15) is 0 Å². The summed E-state index contributed by atoms with van der Waals surface area (Å²) in [5.74, 6) is 1.21. The van der Waals surface area contributed by atoms with Gasteiger partial charge in [-0.3, -0.25) is 0 Å². The molecule has 0 rings (SSSR count). The number of hydrogen-bond donors (Lipinski definition) is 2. The Labute approximate surface area is 101 Å². The number of methoxy groups -OCH3 is 1. The fraction of sp³-hybridized carbons (Fsp3) is 0.636. The third-order valence-electron chi connectivity index (χ3n) is 1.99. The lowest BCUT2D eigenvalue weighted by Crippen LogP contribution is -2.50. The van der Waals surface area contributed by atoms with Crippen LogP contribution < -0.4 is 5.32 Å². The van der Waals surface area contributed by atoms with Crippen molar-refractivity contribution in [3.8, 4) is 12.3 Å². The topological polar surface area (TPSA) is 78.9 Å². The zero-order chi connectivity index (χ0) is 13.3. The minimum absolute atomic E-state index is 0.0862. The number of nitrogens with zero attached hydrogens (tertiary/aromatic N) is 1. The SMILES string of the molecule is C#CCN(CCC)C(=O)NC(COC)C(=O)O. The number of hydrogen-bond acceptors (Lipinski definition) is 3. The monoisotopic (exact) mass is 242 g/mol. The maximum atomic E-state index is 11.7. The molecule has 0 saturated carbocycles. The second kappa shape index (κ2) is 8.42. The molecular weight excluding hydrogens is 224 g/mol. The highest BCUT2D eigenvalue weighted by atomic mass is 16.5. The van der Waals surface area contributed by atoms with Gasteiger partial charge in [0.1, 0.15) is 0 Å². The third-order valence-corrected chi connectivity index (χ3v) is 1.99. The van der Waals surface area contributed by atoms with E-state index in [0.29, 0.717) is 6.54 Å². The first-order valence-corrected chi connectivity index (χ1v) is 5.27. The van der Waals surface area contributed by atoms with E-state index in [1.807, 2.05) is 6.92 Å². The van der Waals surface area contributed by atoms with Crippen LogP contribution in [0.3, 0.4) is 0 Å². The number of nitrogens with one attached hydrogen (secondary N) is 1. The lowest BCUT2D eigenvalue weighted by atomic mass is 10.3. The lowest BCUT2D eigenvalue weighted by molar-refractivity contribution is -0.140. The predicted octanol–water partition coefficient (Wildman–Crippen LogP) is 0.141. The normalized spacial score (nSPS) is 11.4. The van der Waals surface area contributed by atoms with Gasteiger partial charge < -0.3 is 20.1 Å². The van der Waals surface area contributed by atoms with E-state index >= 15 is 0 Å². The van der Waals surface area contributed by atoms with E-state index in [4.69, 9.17) is 16.3 Å². The average Bonchev–Trinajstić information content (AvgIpc) is 2.28. The number of carboxylic acid groups (broad SMARTS) is 1. The summed E-state index contributed by atoms with van der Waals surface area (Å²) in [5, 5.41) is 11.2. The maximum Gasteiger partial charge on any atom is 0.328 e. The van der Waals surface area contributed by atoms with Gasteiger partial charge in [0.05, 0.1) is 13.2 Å². The van der Waals surface area contributed by atoms with E-state index < -0.39 is 18.0 Å². The van der Waals surface area contributed by atoms with Gasteiger partial charge in [-0.1, -0.05) is 12.8 Å². The van der Waals surface area contributed by atoms with Crippen LogP contribution in [0.4, 0.5) is 4.79 Å². The molecule has 6 nitrogen and oxygen atoms in total. The van der Waals surface area contributed by atoms with E-state index in [1.165, 1.54) is 12.0 Å². The van der Waals surface area contributed by atoms with Crippen LogP contribution in [0.15, 0.2) is 0 Å². The first kappa shape index (κ1) is 15.3. The Kier molecular flexibility index (Phi) is 7.55. The first-order valence-electron chi connectivity index (χ1n) is 5.27. The molecule has 0 aliphatic rings. The molecule has 96 valence electrons. The summed E-state index contributed by atoms with van der Waals surface area (Å²) >= 11 is 0. The lowest BCUT2D eigenvalue weighted by Gasteiger charge is -2.22. The van der Waals surface area contributed by atoms with Crippen LogP contribution in [0.25, 0.3) is 0 Å². The van der Waals surface area contributed by atoms with E-state index in [0.717, 1.165) is 6.42 Å². The molecule has 0 spiro atoms. The van der Waals surface area contributed by atoms with Crippen molar-refractivity contribution in [2.24, 2.45) is 0 Å². The van der Waals surface area contributed by atoms with E-state index in [9.17, 15) is 9.59 Å². The number of ether oxygens (including phenoxy) is 1. The molecule has 0 bridgehead atoms. The molecule has 6 heteroatoms. The predicted molar refractivity (Wildman–Crippen MR) is 62.5 cm³/mol. The first-order chi connectivity index (χ1) is 8.06. The highest BCUT2D eigenvalue weighted by molar-refractivity contribution is 5.82. The fourth-order valence-corrected chi connectivity index (χ4v) is 1.21. The zero-order valence-electron chi connectivity index (χ0n) is 10.1. The minimum Gasteiger partial charge on any atom is -0.480 e. The van der Waals surface area contributed by atoms with E-state index in [1.54, 1.807) is 0 Å². The Hall–Kier alpha value is -1.74. The molecule has 0 saturated heterocycles. The summed E-state index contributed by atoms with van der Waals surface area (Å²) in [4.78, 5) is 23.9. The summed E-state index contributed by atoms with van der Waals surface area (Å²) in [7, 11) is 1.37. The Balaban J connectivity index is 4.45. The molecule has 2 amide bonds. The summed E-state index contributed by atoms with van der Waals surface area (Å²) in [6, 6.07) is -1.56. The van der Waals surface area contributed by atoms with E-state index in [-0.39, 0.29) is 13.2 Å². The highest BCUT2D eigenvalue weighted by Gasteiger charge is 2.22. The molecule has 0 fully saturated rings. The number of aliphatic carboxylic acids is 1. The zero-order valence-corrected chi connectivity index (χ0v) is 10.1. The molecule has 1 unspecified atom stereocenters. The molecule has 0 aliphatic heterocycles. The van der Waals surface area contributed by atoms with Gasteiger partial charge in [0.25, 0.3) is 0 Å². The average molecular weight is 242 g/mol. The molecule has 0 heterocycles. The Bertz CT molecular complexity index is 298. The van der Waals surface area contributed by atoms with Crippen LogP contribution >= 0.6 is 0 Å². The molecule has 2 N–H and O–H groups in total. The summed E-state index contributed by atoms with van der Waals surface area (Å²) < 4.78 is 4.71. The molecule has 1 atom stereocenters. The van der Waals surface area contributed by atoms with Crippen LogP contribution in [0, 0.1) is 12.3 Å². The molecule has 0 radical (unpaired) electrons. The number of amides is 2. The van der Waals surface area contributed by atoms with Crippen molar-refractivity contribution in [3.63, 3.8) is 0 Å². The van der Waals surface area contributed by atoms with Crippen molar-refractivity contribution in [1.29, 1.82) is 0 Å². The number of urea groups is 1. The van der Waals surface area contributed by atoms with Gasteiger partial charge in [0.2, 0.25) is 0 Å². The number of carboxylic acids is 1. The van der Waals surface area contributed by atoms with Crippen molar-refractivity contribution in [2.45, 2.75) is 19.4 Å². The number of carbonyl (C=O) groups is 2. The second-order valence-electron chi connectivity index (χ2n) is 3.42. The number of terminal acetylenes is 1. The van der Waals surface area contributed by atoms with Crippen molar-refractivity contribution in [1.82, 2.24) is 10.2 Å². The van der Waals surface area contributed by atoms with Crippen LogP contribution in [0.2, 0.25) is 0 Å². The minimum atomic E-state index is -1.14. The second-order valence-corrected chi connectivity index (χ2v) is 3.42. The smallest absolute Gasteiger partial charge is 0.328 e. The quantitative estimate of drug-likeness (QED) is 0.622. The standard InChI is InChI=1S/C11H18N2O4/c1-4-6-13(7-5-2)11(16)12-9(8-17-3)10(14)15/h1,9H,5-8H2,2-3H3,(H,12,16)(H,14,15). The van der Waals surface area contributed by atoms with Gasteiger partial charge in [0, 0.05) is 13.7 Å². The molecular formula is C11H18N2O4. The highest BCUT2D eigenvalue weighted by Crippen LogP contribution is 1.94. The van der Waals surface area contributed by atoms with Gasteiger partial charge in [0.15, 0.2) is 6.04 Å². The number of carbonyl (C=O) groups excluding carboxylic acids is 1. The Morgan fingerprint density at radius 3 is 2.65 bits per heavy atom. The van der Waals surface area contributed by atoms with Gasteiger partial charge in [-0.15, -0.1) is 6.42 Å². The Morgan fingerprint density at radius 1 is 1.59 bits per heavy atom. The van der Waals surface area contributed by atoms with Gasteiger partial charge in [-0.05, 0) is 6.42 Å². The summed E-state index contributed by atoms with van der Waals surface area (Å²) in [6.45, 7) is 2.45. The maximum absolute atomic E-state index is 11.7. The van der Waals surface area contributed by atoms with Crippen LogP contribution in [0.5, 0.6) is 0 Å². The fourth-order valence-electron chi connectivity index (χ4n) is 1.21. The molecule has 0 aromatic heterocycles. The van der Waals surface area contributed by atoms with Crippen molar-refractivity contribution in [2.75, 3.05) is 26.8 Å². The molecule has 0 aromatic rings. The van der Waals surface area contributed by atoms with Crippen molar-refractivity contribution >= 4 is 12.0 Å². The van der Waals surface area contributed by atoms with Crippen LogP contribution in [0.1, 0.15) is 13.3 Å². The number of rotatable bonds is 7. The van der Waals surface area contributed by atoms with Crippen molar-refractivity contribution < 1.29 is 19.4 Å². The summed E-state index contributed by atoms with van der Waals surface area (Å²) in [6.07, 6.45) is 5.88. The van der Waals surface area contributed by atoms with E-state index in [2.05, 4.69) is 11.2 Å². The Morgan fingerprint density at radius 2 is 2.24 bits per heavy atom. The third kappa shape index (κ3) is 5.78. The van der Waals surface area contributed by atoms with Crippen LogP contribution in [-0.4, -0.2) is 54.9 Å². The van der Waals surface area contributed by atoms with Gasteiger partial charge in [-0.25, -0.2) is 9.59 Å².